The van der Waals surface area contributed by atoms with Crippen LogP contribution in [0, 0.1) is 18.6 Å². The van der Waals surface area contributed by atoms with Crippen molar-refractivity contribution >= 4 is 15.9 Å². The molecular weight excluding hydrogens is 328 g/mol. The SMILES string of the molecule is CCNC(Cc1c(F)ccc(Br)c1F)c1ccoc1C. The minimum absolute atomic E-state index is 0.0749. The molecule has 0 saturated heterocycles. The van der Waals surface area contributed by atoms with Gasteiger partial charge in [0.15, 0.2) is 0 Å². The Hall–Kier alpha value is -1.20. The lowest BCUT2D eigenvalue weighted by Gasteiger charge is -2.18. The predicted octanol–water partition coefficient (Wildman–Crippen LogP) is 4.52. The number of likely N-dealkylation sites (N-methyl/N-ethyl adjacent to an activating group) is 1. The van der Waals surface area contributed by atoms with Crippen LogP contribution in [0.25, 0.3) is 0 Å². The first-order valence-electron chi connectivity index (χ1n) is 6.44. The third kappa shape index (κ3) is 3.10. The van der Waals surface area contributed by atoms with Gasteiger partial charge in [-0.1, -0.05) is 6.92 Å². The number of hydrogen-bond acceptors (Lipinski definition) is 2. The van der Waals surface area contributed by atoms with Crippen molar-refractivity contribution < 1.29 is 13.2 Å². The maximum atomic E-state index is 14.1. The van der Waals surface area contributed by atoms with E-state index in [1.165, 1.54) is 12.1 Å². The van der Waals surface area contributed by atoms with Crippen LogP contribution in [0.1, 0.15) is 29.9 Å². The zero-order valence-electron chi connectivity index (χ0n) is 11.3. The maximum Gasteiger partial charge on any atom is 0.143 e. The van der Waals surface area contributed by atoms with Gasteiger partial charge in [-0.3, -0.25) is 0 Å². The number of halogens is 3. The van der Waals surface area contributed by atoms with Crippen LogP contribution < -0.4 is 5.32 Å². The summed E-state index contributed by atoms with van der Waals surface area (Å²) < 4.78 is 33.5. The van der Waals surface area contributed by atoms with Crippen LogP contribution >= 0.6 is 15.9 Å². The van der Waals surface area contributed by atoms with E-state index in [4.69, 9.17) is 4.42 Å². The molecule has 2 nitrogen and oxygen atoms in total. The minimum atomic E-state index is -0.547. The third-order valence-corrected chi connectivity index (χ3v) is 3.88. The summed E-state index contributed by atoms with van der Waals surface area (Å²) in [5.74, 6) is -0.324. The Kier molecular flexibility index (Phi) is 4.94. The first-order valence-corrected chi connectivity index (χ1v) is 7.23. The molecule has 2 rings (SSSR count). The molecule has 1 atom stereocenters. The molecule has 1 N–H and O–H groups in total. The smallest absolute Gasteiger partial charge is 0.143 e. The predicted molar refractivity (Wildman–Crippen MR) is 77.6 cm³/mol. The Morgan fingerprint density at radius 2 is 2.05 bits per heavy atom. The van der Waals surface area contributed by atoms with Crippen molar-refractivity contribution in [3.8, 4) is 0 Å². The average Bonchev–Trinajstić information content (AvgIpc) is 2.84. The van der Waals surface area contributed by atoms with Crippen molar-refractivity contribution in [3.05, 3.63) is 57.5 Å². The Bertz CT molecular complexity index is 598. The maximum absolute atomic E-state index is 14.1. The van der Waals surface area contributed by atoms with Gasteiger partial charge in [0.2, 0.25) is 0 Å². The monoisotopic (exact) mass is 343 g/mol. The summed E-state index contributed by atoms with van der Waals surface area (Å²) in [6, 6.07) is 4.29. The number of benzene rings is 1. The summed E-state index contributed by atoms with van der Waals surface area (Å²) in [7, 11) is 0. The Labute approximate surface area is 125 Å². The number of rotatable bonds is 5. The highest BCUT2D eigenvalue weighted by atomic mass is 79.9. The van der Waals surface area contributed by atoms with Gasteiger partial charge < -0.3 is 9.73 Å². The van der Waals surface area contributed by atoms with Gasteiger partial charge in [-0.25, -0.2) is 8.78 Å². The largest absolute Gasteiger partial charge is 0.469 e. The number of hydrogen-bond donors (Lipinski definition) is 1. The van der Waals surface area contributed by atoms with Gasteiger partial charge in [0.25, 0.3) is 0 Å². The molecule has 2 aromatic rings. The second-order valence-corrected chi connectivity index (χ2v) is 5.42. The summed E-state index contributed by atoms with van der Waals surface area (Å²) in [5, 5.41) is 3.24. The molecule has 0 aliphatic carbocycles. The normalized spacial score (nSPS) is 12.7. The van der Waals surface area contributed by atoms with E-state index in [0.717, 1.165) is 11.3 Å². The van der Waals surface area contributed by atoms with Gasteiger partial charge in [-0.2, -0.15) is 0 Å². The lowest BCUT2D eigenvalue weighted by molar-refractivity contribution is 0.480. The van der Waals surface area contributed by atoms with Crippen LogP contribution in [-0.4, -0.2) is 6.54 Å². The molecule has 0 amide bonds. The van der Waals surface area contributed by atoms with E-state index in [0.29, 0.717) is 6.54 Å². The highest BCUT2D eigenvalue weighted by Crippen LogP contribution is 2.28. The van der Waals surface area contributed by atoms with E-state index in [1.807, 2.05) is 19.9 Å². The van der Waals surface area contributed by atoms with E-state index >= 15 is 0 Å². The molecule has 1 aromatic heterocycles. The average molecular weight is 344 g/mol. The molecular formula is C15H16BrF2NO. The lowest BCUT2D eigenvalue weighted by atomic mass is 9.98. The fourth-order valence-corrected chi connectivity index (χ4v) is 2.63. The molecule has 1 aromatic carbocycles. The summed E-state index contributed by atoms with van der Waals surface area (Å²) >= 11 is 3.09. The number of furan rings is 1. The van der Waals surface area contributed by atoms with Crippen molar-refractivity contribution in [1.29, 1.82) is 0 Å². The summed E-state index contributed by atoms with van der Waals surface area (Å²) in [5.41, 5.74) is 0.997. The summed E-state index contributed by atoms with van der Waals surface area (Å²) in [6.45, 7) is 4.50. The standard InChI is InChI=1S/C15H16BrF2NO/c1-3-19-14(10-6-7-20-9(10)2)8-11-13(17)5-4-12(16)15(11)18/h4-7,14,19H,3,8H2,1-2H3. The zero-order chi connectivity index (χ0) is 14.7. The van der Waals surface area contributed by atoms with E-state index < -0.39 is 11.6 Å². The van der Waals surface area contributed by atoms with Crippen molar-refractivity contribution in [2.75, 3.05) is 6.54 Å². The van der Waals surface area contributed by atoms with E-state index in [9.17, 15) is 8.78 Å². The zero-order valence-corrected chi connectivity index (χ0v) is 12.9. The molecule has 1 heterocycles. The topological polar surface area (TPSA) is 25.2 Å². The highest BCUT2D eigenvalue weighted by molar-refractivity contribution is 9.10. The van der Waals surface area contributed by atoms with Crippen LogP contribution in [0.4, 0.5) is 8.78 Å². The molecule has 20 heavy (non-hydrogen) atoms. The Morgan fingerprint density at radius 1 is 1.30 bits per heavy atom. The van der Waals surface area contributed by atoms with Crippen LogP contribution in [0.2, 0.25) is 0 Å². The minimum Gasteiger partial charge on any atom is -0.469 e. The van der Waals surface area contributed by atoms with Crippen LogP contribution in [0.15, 0.2) is 33.4 Å². The lowest BCUT2D eigenvalue weighted by Crippen LogP contribution is -2.24. The molecule has 1 unspecified atom stereocenters. The second-order valence-electron chi connectivity index (χ2n) is 4.57. The van der Waals surface area contributed by atoms with Crippen molar-refractivity contribution in [2.24, 2.45) is 0 Å². The number of nitrogens with one attached hydrogen (secondary N) is 1. The Balaban J connectivity index is 2.34. The highest BCUT2D eigenvalue weighted by Gasteiger charge is 2.20. The first kappa shape index (κ1) is 15.2. The molecule has 5 heteroatoms. The number of aryl methyl sites for hydroxylation is 1. The Morgan fingerprint density at radius 3 is 2.65 bits per heavy atom. The van der Waals surface area contributed by atoms with E-state index in [1.54, 1.807) is 6.26 Å². The molecule has 0 saturated carbocycles. The van der Waals surface area contributed by atoms with Crippen molar-refractivity contribution in [1.82, 2.24) is 5.32 Å². The molecule has 0 aliphatic rings. The van der Waals surface area contributed by atoms with E-state index in [-0.39, 0.29) is 22.5 Å². The molecule has 0 bridgehead atoms. The first-order chi connectivity index (χ1) is 9.54. The fourth-order valence-electron chi connectivity index (χ4n) is 2.26. The second kappa shape index (κ2) is 6.50. The van der Waals surface area contributed by atoms with Crippen LogP contribution in [-0.2, 0) is 6.42 Å². The van der Waals surface area contributed by atoms with Crippen molar-refractivity contribution in [2.45, 2.75) is 26.3 Å². The van der Waals surface area contributed by atoms with Gasteiger partial charge in [0, 0.05) is 17.2 Å². The molecule has 0 spiro atoms. The molecule has 0 fully saturated rings. The van der Waals surface area contributed by atoms with Gasteiger partial charge in [-0.05, 0) is 54.0 Å². The van der Waals surface area contributed by atoms with Gasteiger partial charge in [-0.15, -0.1) is 0 Å². The molecule has 0 radical (unpaired) electrons. The van der Waals surface area contributed by atoms with Crippen LogP contribution in [0.5, 0.6) is 0 Å². The van der Waals surface area contributed by atoms with Gasteiger partial charge in [0.1, 0.15) is 17.4 Å². The fraction of sp³-hybridized carbons (Fsp3) is 0.333. The van der Waals surface area contributed by atoms with Crippen LogP contribution in [0.3, 0.4) is 0 Å². The quantitative estimate of drug-likeness (QED) is 0.807. The summed E-state index contributed by atoms with van der Waals surface area (Å²) in [6.07, 6.45) is 1.81. The summed E-state index contributed by atoms with van der Waals surface area (Å²) in [4.78, 5) is 0. The molecule has 108 valence electrons. The van der Waals surface area contributed by atoms with Crippen molar-refractivity contribution in [3.63, 3.8) is 0 Å². The van der Waals surface area contributed by atoms with E-state index in [2.05, 4.69) is 21.2 Å². The molecule has 0 aliphatic heterocycles. The van der Waals surface area contributed by atoms with Gasteiger partial charge in [0.05, 0.1) is 10.7 Å². The third-order valence-electron chi connectivity index (χ3n) is 3.27. The van der Waals surface area contributed by atoms with Gasteiger partial charge >= 0.3 is 0 Å².